The van der Waals surface area contributed by atoms with Gasteiger partial charge in [0.15, 0.2) is 5.65 Å². The number of hydrogen-bond acceptors (Lipinski definition) is 5. The second kappa shape index (κ2) is 4.48. The summed E-state index contributed by atoms with van der Waals surface area (Å²) in [5.74, 6) is 2.21. The Hall–Kier alpha value is -1.63. The molecule has 0 spiro atoms. The zero-order valence-electron chi connectivity index (χ0n) is 10.6. The normalized spacial score (nSPS) is 19.6. The van der Waals surface area contributed by atoms with Gasteiger partial charge in [0, 0.05) is 18.2 Å². The van der Waals surface area contributed by atoms with Crippen molar-refractivity contribution in [3.63, 3.8) is 0 Å². The monoisotopic (exact) mass is 281 g/mol. The molecule has 0 atom stereocenters. The number of aromatic nitrogens is 3. The predicted molar refractivity (Wildman–Crippen MR) is 70.2 cm³/mol. The largest absolute Gasteiger partial charge is 0.497 e. The Bertz CT molecular complexity index is 694. The first kappa shape index (κ1) is 12.4. The highest BCUT2D eigenvalue weighted by Gasteiger charge is 2.27. The van der Waals surface area contributed by atoms with Gasteiger partial charge in [0.2, 0.25) is 0 Å². The van der Waals surface area contributed by atoms with Gasteiger partial charge >= 0.3 is 0 Å². The molecule has 1 aliphatic heterocycles. The van der Waals surface area contributed by atoms with E-state index in [0.29, 0.717) is 12.8 Å². The smallest absolute Gasteiger partial charge is 0.164 e. The molecule has 0 N–H and O–H groups in total. The van der Waals surface area contributed by atoms with Crippen LogP contribution in [0.3, 0.4) is 0 Å². The van der Waals surface area contributed by atoms with Gasteiger partial charge < -0.3 is 4.74 Å². The van der Waals surface area contributed by atoms with Crippen molar-refractivity contribution in [2.45, 2.75) is 18.8 Å². The molecule has 19 heavy (non-hydrogen) atoms. The summed E-state index contributed by atoms with van der Waals surface area (Å²) in [6.07, 6.45) is 3.11. The average Bonchev–Trinajstić information content (AvgIpc) is 2.81. The molecule has 7 heteroatoms. The molecule has 0 radical (unpaired) electrons. The second-order valence-electron chi connectivity index (χ2n) is 4.78. The lowest BCUT2D eigenvalue weighted by Crippen LogP contribution is -2.23. The van der Waals surface area contributed by atoms with Crippen LogP contribution in [0.1, 0.15) is 24.6 Å². The number of sulfone groups is 1. The van der Waals surface area contributed by atoms with Crippen LogP contribution in [0.15, 0.2) is 18.3 Å². The molecule has 2 aromatic rings. The molecule has 1 saturated heterocycles. The molecule has 1 aliphatic rings. The van der Waals surface area contributed by atoms with Crippen LogP contribution in [0.4, 0.5) is 0 Å². The first-order valence-electron chi connectivity index (χ1n) is 6.18. The maximum absolute atomic E-state index is 11.5. The molecule has 0 amide bonds. The van der Waals surface area contributed by atoms with Crippen molar-refractivity contribution < 1.29 is 13.2 Å². The van der Waals surface area contributed by atoms with E-state index in [-0.39, 0.29) is 17.4 Å². The molecule has 0 aromatic carbocycles. The van der Waals surface area contributed by atoms with Crippen molar-refractivity contribution in [2.24, 2.45) is 0 Å². The Morgan fingerprint density at radius 1 is 1.32 bits per heavy atom. The Morgan fingerprint density at radius 3 is 2.74 bits per heavy atom. The summed E-state index contributed by atoms with van der Waals surface area (Å²) in [5, 5.41) is 8.33. The maximum Gasteiger partial charge on any atom is 0.164 e. The lowest BCUT2D eigenvalue weighted by atomic mass is 10.0. The van der Waals surface area contributed by atoms with E-state index in [0.717, 1.165) is 17.2 Å². The van der Waals surface area contributed by atoms with Gasteiger partial charge in [0.1, 0.15) is 21.4 Å². The number of rotatable bonds is 2. The maximum atomic E-state index is 11.5. The van der Waals surface area contributed by atoms with Crippen LogP contribution in [0.5, 0.6) is 5.75 Å². The second-order valence-corrected chi connectivity index (χ2v) is 7.08. The summed E-state index contributed by atoms with van der Waals surface area (Å²) in [5.41, 5.74) is 0.725. The molecule has 3 rings (SSSR count). The van der Waals surface area contributed by atoms with E-state index in [9.17, 15) is 8.42 Å². The zero-order chi connectivity index (χ0) is 13.5. The van der Waals surface area contributed by atoms with Crippen LogP contribution < -0.4 is 4.74 Å². The van der Waals surface area contributed by atoms with E-state index in [4.69, 9.17) is 4.74 Å². The van der Waals surface area contributed by atoms with Crippen molar-refractivity contribution in [3.8, 4) is 5.75 Å². The predicted octanol–water partition coefficient (Wildman–Crippen LogP) is 1.03. The minimum atomic E-state index is -2.85. The topological polar surface area (TPSA) is 73.6 Å². The van der Waals surface area contributed by atoms with Gasteiger partial charge in [-0.1, -0.05) is 0 Å². The van der Waals surface area contributed by atoms with Crippen molar-refractivity contribution in [1.82, 2.24) is 14.6 Å². The number of methoxy groups -OCH3 is 1. The van der Waals surface area contributed by atoms with E-state index in [1.54, 1.807) is 7.11 Å². The highest BCUT2D eigenvalue weighted by atomic mass is 32.2. The summed E-state index contributed by atoms with van der Waals surface area (Å²) < 4.78 is 30.0. The number of nitrogens with zero attached hydrogens (tertiary/aromatic N) is 3. The molecule has 102 valence electrons. The van der Waals surface area contributed by atoms with Gasteiger partial charge in [-0.25, -0.2) is 8.42 Å². The van der Waals surface area contributed by atoms with Gasteiger partial charge in [0.25, 0.3) is 0 Å². The van der Waals surface area contributed by atoms with Crippen molar-refractivity contribution in [3.05, 3.63) is 24.2 Å². The molecular formula is C12H15N3O3S. The van der Waals surface area contributed by atoms with E-state index in [1.807, 2.05) is 22.7 Å². The van der Waals surface area contributed by atoms with Crippen LogP contribution in [-0.2, 0) is 9.84 Å². The fourth-order valence-electron chi connectivity index (χ4n) is 2.44. The van der Waals surface area contributed by atoms with Gasteiger partial charge in [0.05, 0.1) is 18.6 Å². The molecule has 0 aliphatic carbocycles. The summed E-state index contributed by atoms with van der Waals surface area (Å²) in [6, 6.07) is 3.66. The fourth-order valence-corrected chi connectivity index (χ4v) is 3.94. The lowest BCUT2D eigenvalue weighted by molar-refractivity contribution is 0.414. The molecular weight excluding hydrogens is 266 g/mol. The first-order valence-corrected chi connectivity index (χ1v) is 8.00. The number of ether oxygens (including phenoxy) is 1. The highest BCUT2D eigenvalue weighted by Crippen LogP contribution is 2.28. The van der Waals surface area contributed by atoms with Crippen LogP contribution in [0.25, 0.3) is 5.65 Å². The van der Waals surface area contributed by atoms with Crippen LogP contribution in [0.2, 0.25) is 0 Å². The summed E-state index contributed by atoms with van der Waals surface area (Å²) >= 11 is 0. The van der Waals surface area contributed by atoms with Gasteiger partial charge in [-0.3, -0.25) is 4.40 Å². The third kappa shape index (κ3) is 2.30. The van der Waals surface area contributed by atoms with Gasteiger partial charge in [-0.15, -0.1) is 10.2 Å². The van der Waals surface area contributed by atoms with Crippen molar-refractivity contribution in [1.29, 1.82) is 0 Å². The highest BCUT2D eigenvalue weighted by molar-refractivity contribution is 7.91. The zero-order valence-corrected chi connectivity index (χ0v) is 11.4. The summed E-state index contributed by atoms with van der Waals surface area (Å²) in [7, 11) is -1.24. The van der Waals surface area contributed by atoms with Crippen LogP contribution in [-0.4, -0.2) is 41.6 Å². The van der Waals surface area contributed by atoms with Gasteiger partial charge in [-0.05, 0) is 18.9 Å². The molecule has 0 saturated carbocycles. The fraction of sp³-hybridized carbons (Fsp3) is 0.500. The van der Waals surface area contributed by atoms with Crippen LogP contribution >= 0.6 is 0 Å². The van der Waals surface area contributed by atoms with Crippen LogP contribution in [0, 0.1) is 0 Å². The van der Waals surface area contributed by atoms with Crippen molar-refractivity contribution in [2.75, 3.05) is 18.6 Å². The van der Waals surface area contributed by atoms with E-state index >= 15 is 0 Å². The molecule has 0 unspecified atom stereocenters. The van der Waals surface area contributed by atoms with E-state index in [1.165, 1.54) is 0 Å². The molecule has 1 fully saturated rings. The van der Waals surface area contributed by atoms with Gasteiger partial charge in [-0.2, -0.15) is 0 Å². The molecule has 6 nitrogen and oxygen atoms in total. The first-order chi connectivity index (χ1) is 9.09. The SMILES string of the molecule is COc1ccn2c(C3CCS(=O)(=O)CC3)nnc2c1. The van der Waals surface area contributed by atoms with E-state index < -0.39 is 9.84 Å². The summed E-state index contributed by atoms with van der Waals surface area (Å²) in [4.78, 5) is 0. The Balaban J connectivity index is 1.93. The lowest BCUT2D eigenvalue weighted by Gasteiger charge is -2.20. The van der Waals surface area contributed by atoms with Crippen molar-refractivity contribution >= 4 is 15.5 Å². The number of pyridine rings is 1. The minimum Gasteiger partial charge on any atom is -0.497 e. The number of fused-ring (bicyclic) bond motifs is 1. The van der Waals surface area contributed by atoms with E-state index in [2.05, 4.69) is 10.2 Å². The Morgan fingerprint density at radius 2 is 2.05 bits per heavy atom. The molecule has 2 aromatic heterocycles. The summed E-state index contributed by atoms with van der Waals surface area (Å²) in [6.45, 7) is 0. The Labute approximate surface area is 111 Å². The third-order valence-corrected chi connectivity index (χ3v) is 5.28. The third-order valence-electron chi connectivity index (χ3n) is 3.56. The Kier molecular flexibility index (Phi) is 2.93. The quantitative estimate of drug-likeness (QED) is 0.822. The molecule has 3 heterocycles. The standard InChI is InChI=1S/C12H15N3O3S/c1-18-10-2-5-15-11(8-10)13-14-12(15)9-3-6-19(16,17)7-4-9/h2,5,8-9H,3-4,6-7H2,1H3. The molecule has 0 bridgehead atoms. The average molecular weight is 281 g/mol. The number of hydrogen-bond donors (Lipinski definition) is 0. The minimum absolute atomic E-state index is 0.159.